The number of likely N-dealkylation sites (tertiary alicyclic amines) is 1. The van der Waals surface area contributed by atoms with Gasteiger partial charge in [-0.1, -0.05) is 11.8 Å². The Hall–Kier alpha value is -0.980. The molecule has 0 aromatic rings. The van der Waals surface area contributed by atoms with Crippen LogP contribution in [0, 0.1) is 11.8 Å². The van der Waals surface area contributed by atoms with Crippen LogP contribution in [0.1, 0.15) is 12.8 Å². The first-order valence-electron chi connectivity index (χ1n) is 4.90. The lowest BCUT2D eigenvalue weighted by Crippen LogP contribution is -3.10. The zero-order valence-electron chi connectivity index (χ0n) is 8.84. The van der Waals surface area contributed by atoms with Gasteiger partial charge in [-0.3, -0.25) is 0 Å². The highest BCUT2D eigenvalue weighted by Crippen LogP contribution is 2.14. The molecule has 2 N–H and O–H groups in total. The van der Waals surface area contributed by atoms with E-state index >= 15 is 0 Å². The number of quaternary nitrogens is 1. The molecule has 0 atom stereocenters. The first-order valence-corrected chi connectivity index (χ1v) is 4.90. The highest BCUT2D eigenvalue weighted by molar-refractivity contribution is 5.21. The minimum atomic E-state index is -0.780. The van der Waals surface area contributed by atoms with E-state index in [9.17, 15) is 5.11 Å². The van der Waals surface area contributed by atoms with Crippen molar-refractivity contribution in [1.82, 2.24) is 0 Å². The van der Waals surface area contributed by atoms with Crippen LogP contribution >= 0.6 is 0 Å². The van der Waals surface area contributed by atoms with Crippen molar-refractivity contribution in [3.8, 4) is 11.8 Å². The smallest absolute Gasteiger partial charge is 0.136 e. The molecule has 78 valence electrons. The van der Waals surface area contributed by atoms with Gasteiger partial charge in [0.05, 0.1) is 33.5 Å². The van der Waals surface area contributed by atoms with Crippen molar-refractivity contribution in [3.05, 3.63) is 12.3 Å². The molecule has 1 aliphatic heterocycles. The number of methoxy groups -OCH3 is 1. The monoisotopic (exact) mass is 196 g/mol. The summed E-state index contributed by atoms with van der Waals surface area (Å²) in [5, 5.41) is 10.0. The summed E-state index contributed by atoms with van der Waals surface area (Å²) in [6.07, 6.45) is 4.64. The lowest BCUT2D eigenvalue weighted by Gasteiger charge is -2.30. The van der Waals surface area contributed by atoms with E-state index in [2.05, 4.69) is 18.9 Å². The summed E-state index contributed by atoms with van der Waals surface area (Å²) in [6, 6.07) is 0. The number of nitrogens with one attached hydrogen (secondary N) is 1. The van der Waals surface area contributed by atoms with Gasteiger partial charge in [-0.2, -0.15) is 0 Å². The van der Waals surface area contributed by atoms with Gasteiger partial charge >= 0.3 is 0 Å². The van der Waals surface area contributed by atoms with Crippen LogP contribution in [0.5, 0.6) is 0 Å². The molecule has 1 aliphatic rings. The molecular formula is C11H18NO2+. The van der Waals surface area contributed by atoms with Gasteiger partial charge in [-0.25, -0.2) is 0 Å². The summed E-state index contributed by atoms with van der Waals surface area (Å²) in [6.45, 7) is 1.97. The molecule has 0 bridgehead atoms. The van der Waals surface area contributed by atoms with Gasteiger partial charge in [0.15, 0.2) is 0 Å². The van der Waals surface area contributed by atoms with Gasteiger partial charge in [0.1, 0.15) is 5.60 Å². The van der Waals surface area contributed by atoms with Crippen molar-refractivity contribution in [1.29, 1.82) is 0 Å². The first-order chi connectivity index (χ1) is 6.66. The molecule has 0 unspecified atom stereocenters. The van der Waals surface area contributed by atoms with Crippen LogP contribution in [0.2, 0.25) is 0 Å². The SMILES string of the molecule is CO/C=C/C#CC1(O)CC[NH+](C)CC1. The van der Waals surface area contributed by atoms with Gasteiger partial charge in [-0.05, 0) is 0 Å². The molecule has 0 radical (unpaired) electrons. The number of ether oxygens (including phenoxy) is 1. The molecule has 0 spiro atoms. The summed E-state index contributed by atoms with van der Waals surface area (Å²) < 4.78 is 4.71. The van der Waals surface area contributed by atoms with E-state index in [0.717, 1.165) is 25.9 Å². The largest absolute Gasteiger partial charge is 0.504 e. The molecule has 3 heteroatoms. The Morgan fingerprint density at radius 1 is 1.43 bits per heavy atom. The first kappa shape index (κ1) is 11.1. The molecule has 0 aliphatic carbocycles. The van der Waals surface area contributed by atoms with E-state index in [1.54, 1.807) is 13.2 Å². The third-order valence-electron chi connectivity index (χ3n) is 2.52. The number of hydrogen-bond donors (Lipinski definition) is 2. The number of hydrogen-bond acceptors (Lipinski definition) is 2. The highest BCUT2D eigenvalue weighted by Gasteiger charge is 2.31. The van der Waals surface area contributed by atoms with E-state index in [1.807, 2.05) is 0 Å². The molecule has 0 saturated carbocycles. The number of aliphatic hydroxyl groups is 1. The fourth-order valence-corrected chi connectivity index (χ4v) is 1.49. The van der Waals surface area contributed by atoms with E-state index in [4.69, 9.17) is 4.74 Å². The van der Waals surface area contributed by atoms with Gasteiger partial charge in [0.2, 0.25) is 0 Å². The van der Waals surface area contributed by atoms with Crippen molar-refractivity contribution in [2.75, 3.05) is 27.2 Å². The second kappa shape index (κ2) is 5.04. The third kappa shape index (κ3) is 3.41. The molecular weight excluding hydrogens is 178 g/mol. The van der Waals surface area contributed by atoms with E-state index in [0.29, 0.717) is 0 Å². The quantitative estimate of drug-likeness (QED) is 0.425. The lowest BCUT2D eigenvalue weighted by molar-refractivity contribution is -0.886. The summed E-state index contributed by atoms with van der Waals surface area (Å²) in [5.74, 6) is 5.68. The average molecular weight is 196 g/mol. The van der Waals surface area contributed by atoms with Gasteiger partial charge in [0.25, 0.3) is 0 Å². The van der Waals surface area contributed by atoms with E-state index in [1.165, 1.54) is 11.2 Å². The van der Waals surface area contributed by atoms with Crippen LogP contribution in [0.25, 0.3) is 0 Å². The summed E-state index contributed by atoms with van der Waals surface area (Å²) in [7, 11) is 3.71. The Labute approximate surface area is 85.4 Å². The minimum absolute atomic E-state index is 0.757. The van der Waals surface area contributed by atoms with Crippen molar-refractivity contribution < 1.29 is 14.7 Å². The molecule has 0 aromatic carbocycles. The van der Waals surface area contributed by atoms with Gasteiger partial charge in [-0.15, -0.1) is 0 Å². The van der Waals surface area contributed by atoms with Crippen molar-refractivity contribution in [2.45, 2.75) is 18.4 Å². The molecule has 1 rings (SSSR count). The van der Waals surface area contributed by atoms with Crippen molar-refractivity contribution in [2.24, 2.45) is 0 Å². The topological polar surface area (TPSA) is 33.9 Å². The highest BCUT2D eigenvalue weighted by atomic mass is 16.5. The molecule has 0 aromatic heterocycles. The average Bonchev–Trinajstić information content (AvgIpc) is 2.18. The molecule has 3 nitrogen and oxygen atoms in total. The van der Waals surface area contributed by atoms with Gasteiger partial charge < -0.3 is 14.7 Å². The standard InChI is InChI=1S/C11H17NO2/c1-12-8-6-11(13,7-9-12)5-3-4-10-14-2/h4,10,13H,6-9H2,1-2H3/p+1/b10-4+. The van der Waals surface area contributed by atoms with Crippen molar-refractivity contribution in [3.63, 3.8) is 0 Å². The summed E-state index contributed by atoms with van der Waals surface area (Å²) in [4.78, 5) is 1.46. The van der Waals surface area contributed by atoms with Crippen LogP contribution in [0.15, 0.2) is 12.3 Å². The Morgan fingerprint density at radius 3 is 2.64 bits per heavy atom. The van der Waals surface area contributed by atoms with Crippen molar-refractivity contribution >= 4 is 0 Å². The van der Waals surface area contributed by atoms with Crippen LogP contribution in [-0.4, -0.2) is 38.0 Å². The predicted molar refractivity (Wildman–Crippen MR) is 54.7 cm³/mol. The third-order valence-corrected chi connectivity index (χ3v) is 2.52. The van der Waals surface area contributed by atoms with Crippen LogP contribution < -0.4 is 4.90 Å². The van der Waals surface area contributed by atoms with Gasteiger partial charge in [0, 0.05) is 18.9 Å². The molecule has 14 heavy (non-hydrogen) atoms. The molecule has 1 saturated heterocycles. The maximum absolute atomic E-state index is 10.0. The summed E-state index contributed by atoms with van der Waals surface area (Å²) in [5.41, 5.74) is -0.780. The fraction of sp³-hybridized carbons (Fsp3) is 0.636. The van der Waals surface area contributed by atoms with Crippen LogP contribution in [-0.2, 0) is 4.74 Å². The second-order valence-electron chi connectivity index (χ2n) is 3.80. The minimum Gasteiger partial charge on any atom is -0.504 e. The van der Waals surface area contributed by atoms with Crippen LogP contribution in [0.4, 0.5) is 0 Å². The molecule has 1 heterocycles. The maximum Gasteiger partial charge on any atom is 0.136 e. The summed E-state index contributed by atoms with van der Waals surface area (Å²) >= 11 is 0. The zero-order valence-corrected chi connectivity index (χ0v) is 8.84. The van der Waals surface area contributed by atoms with E-state index in [-0.39, 0.29) is 0 Å². The molecule has 0 amide bonds. The Kier molecular flexibility index (Phi) is 3.99. The maximum atomic E-state index is 10.0. The van der Waals surface area contributed by atoms with Crippen LogP contribution in [0.3, 0.4) is 0 Å². The molecule has 1 fully saturated rings. The lowest BCUT2D eigenvalue weighted by atomic mass is 9.92. The Bertz CT molecular complexity index is 254. The Balaban J connectivity index is 2.48. The Morgan fingerprint density at radius 2 is 2.07 bits per heavy atom. The van der Waals surface area contributed by atoms with E-state index < -0.39 is 5.60 Å². The zero-order chi connectivity index (χ0) is 10.4. The predicted octanol–water partition coefficient (Wildman–Crippen LogP) is -0.810. The number of allylic oxidation sites excluding steroid dienone is 1. The number of rotatable bonds is 1. The second-order valence-corrected chi connectivity index (χ2v) is 3.80. The fourth-order valence-electron chi connectivity index (χ4n) is 1.49. The number of piperidine rings is 1. The normalized spacial score (nSPS) is 32.4.